The van der Waals surface area contributed by atoms with Gasteiger partial charge in [-0.15, -0.1) is 0 Å². The zero-order valence-electron chi connectivity index (χ0n) is 16.6. The topological polar surface area (TPSA) is 72.4 Å². The highest BCUT2D eigenvalue weighted by Gasteiger charge is 2.38. The van der Waals surface area contributed by atoms with Crippen LogP contribution in [-0.2, 0) is 4.74 Å². The minimum absolute atomic E-state index is 0.0684. The SMILES string of the molecule is COc1nc(NC2CCOC3(CCCCC3)C2)nc(N2CCCCCC2)n1. The van der Waals surface area contributed by atoms with E-state index in [1.54, 1.807) is 7.11 Å². The van der Waals surface area contributed by atoms with Gasteiger partial charge in [0.2, 0.25) is 11.9 Å². The van der Waals surface area contributed by atoms with E-state index in [9.17, 15) is 0 Å². The van der Waals surface area contributed by atoms with Crippen LogP contribution in [-0.4, -0.2) is 53.4 Å². The van der Waals surface area contributed by atoms with Crippen LogP contribution in [0.15, 0.2) is 0 Å². The fraction of sp³-hybridized carbons (Fsp3) is 0.850. The zero-order valence-corrected chi connectivity index (χ0v) is 16.6. The van der Waals surface area contributed by atoms with Crippen molar-refractivity contribution in [3.8, 4) is 6.01 Å². The second-order valence-corrected chi connectivity index (χ2v) is 8.27. The quantitative estimate of drug-likeness (QED) is 0.862. The van der Waals surface area contributed by atoms with Crippen LogP contribution in [0.5, 0.6) is 6.01 Å². The van der Waals surface area contributed by atoms with Crippen molar-refractivity contribution >= 4 is 11.9 Å². The molecule has 3 aliphatic rings. The van der Waals surface area contributed by atoms with Gasteiger partial charge in [0.05, 0.1) is 12.7 Å². The molecule has 1 aromatic rings. The van der Waals surface area contributed by atoms with Gasteiger partial charge < -0.3 is 19.7 Å². The Morgan fingerprint density at radius 2 is 1.74 bits per heavy atom. The third kappa shape index (κ3) is 4.62. The lowest BCUT2D eigenvalue weighted by Crippen LogP contribution is -2.45. The predicted octanol–water partition coefficient (Wildman–Crippen LogP) is 3.55. The number of anilines is 2. The van der Waals surface area contributed by atoms with Crippen molar-refractivity contribution in [1.82, 2.24) is 15.0 Å². The van der Waals surface area contributed by atoms with Crippen LogP contribution in [0.2, 0.25) is 0 Å². The van der Waals surface area contributed by atoms with Crippen LogP contribution < -0.4 is 15.0 Å². The molecule has 0 amide bonds. The van der Waals surface area contributed by atoms with Crippen LogP contribution in [0.3, 0.4) is 0 Å². The number of rotatable bonds is 4. The Kier molecular flexibility index (Phi) is 5.95. The highest BCUT2D eigenvalue weighted by Crippen LogP contribution is 2.39. The maximum absolute atomic E-state index is 6.23. The summed E-state index contributed by atoms with van der Waals surface area (Å²) in [5.41, 5.74) is 0.0684. The van der Waals surface area contributed by atoms with Crippen LogP contribution in [0.4, 0.5) is 11.9 Å². The molecule has 7 nitrogen and oxygen atoms in total. The Morgan fingerprint density at radius 1 is 1.00 bits per heavy atom. The minimum Gasteiger partial charge on any atom is -0.467 e. The first-order chi connectivity index (χ1) is 13.3. The van der Waals surface area contributed by atoms with E-state index < -0.39 is 0 Å². The Morgan fingerprint density at radius 3 is 2.48 bits per heavy atom. The summed E-state index contributed by atoms with van der Waals surface area (Å²) < 4.78 is 11.6. The molecule has 3 fully saturated rings. The third-order valence-electron chi connectivity index (χ3n) is 6.27. The van der Waals surface area contributed by atoms with Crippen molar-refractivity contribution in [2.24, 2.45) is 0 Å². The molecule has 27 heavy (non-hydrogen) atoms. The van der Waals surface area contributed by atoms with Crippen molar-refractivity contribution in [2.45, 2.75) is 82.3 Å². The number of ether oxygens (including phenoxy) is 2. The Balaban J connectivity index is 1.48. The summed E-state index contributed by atoms with van der Waals surface area (Å²) in [6, 6.07) is 0.743. The summed E-state index contributed by atoms with van der Waals surface area (Å²) in [4.78, 5) is 16.0. The molecule has 7 heteroatoms. The van der Waals surface area contributed by atoms with E-state index in [0.29, 0.717) is 18.0 Å². The van der Waals surface area contributed by atoms with E-state index in [1.807, 2.05) is 0 Å². The van der Waals surface area contributed by atoms with Gasteiger partial charge in [0.15, 0.2) is 0 Å². The zero-order chi connectivity index (χ0) is 18.5. The molecule has 1 unspecified atom stereocenters. The van der Waals surface area contributed by atoms with Crippen LogP contribution in [0.1, 0.15) is 70.6 Å². The lowest BCUT2D eigenvalue weighted by Gasteiger charge is -2.43. The van der Waals surface area contributed by atoms with Crippen molar-refractivity contribution < 1.29 is 9.47 Å². The number of hydrogen-bond acceptors (Lipinski definition) is 7. The van der Waals surface area contributed by atoms with Crippen molar-refractivity contribution in [3.63, 3.8) is 0 Å². The smallest absolute Gasteiger partial charge is 0.322 e. The minimum atomic E-state index is 0.0684. The highest BCUT2D eigenvalue weighted by molar-refractivity contribution is 5.39. The van der Waals surface area contributed by atoms with Crippen LogP contribution in [0.25, 0.3) is 0 Å². The largest absolute Gasteiger partial charge is 0.467 e. The Bertz CT molecular complexity index is 607. The van der Waals surface area contributed by atoms with Crippen LogP contribution >= 0.6 is 0 Å². The summed E-state index contributed by atoms with van der Waals surface area (Å²) in [6.07, 6.45) is 13.3. The van der Waals surface area contributed by atoms with Crippen molar-refractivity contribution in [2.75, 3.05) is 37.0 Å². The average Bonchev–Trinajstić information content (AvgIpc) is 2.98. The summed E-state index contributed by atoms with van der Waals surface area (Å²) >= 11 is 0. The molecule has 0 radical (unpaired) electrons. The molecule has 1 aliphatic carbocycles. The van der Waals surface area contributed by atoms with Gasteiger partial charge in [0, 0.05) is 25.7 Å². The molecule has 1 N–H and O–H groups in total. The number of aromatic nitrogens is 3. The van der Waals surface area contributed by atoms with Gasteiger partial charge in [-0.3, -0.25) is 0 Å². The summed E-state index contributed by atoms with van der Waals surface area (Å²) in [5.74, 6) is 1.38. The van der Waals surface area contributed by atoms with E-state index in [2.05, 4.69) is 20.2 Å². The molecule has 1 saturated carbocycles. The average molecular weight is 376 g/mol. The normalized spacial score (nSPS) is 25.8. The molecule has 2 aliphatic heterocycles. The van der Waals surface area contributed by atoms with E-state index >= 15 is 0 Å². The summed E-state index contributed by atoms with van der Waals surface area (Å²) in [6.45, 7) is 2.83. The maximum atomic E-state index is 6.23. The highest BCUT2D eigenvalue weighted by atomic mass is 16.5. The van der Waals surface area contributed by atoms with Gasteiger partial charge in [-0.05, 0) is 38.5 Å². The summed E-state index contributed by atoms with van der Waals surface area (Å²) in [7, 11) is 1.62. The molecule has 3 heterocycles. The first-order valence-electron chi connectivity index (χ1n) is 10.7. The predicted molar refractivity (Wildman–Crippen MR) is 105 cm³/mol. The Labute approximate surface area is 162 Å². The molecule has 150 valence electrons. The fourth-order valence-corrected chi connectivity index (χ4v) is 4.79. The van der Waals surface area contributed by atoms with Crippen LogP contribution in [0, 0.1) is 0 Å². The van der Waals surface area contributed by atoms with Gasteiger partial charge in [0.1, 0.15) is 0 Å². The van der Waals surface area contributed by atoms with Crippen molar-refractivity contribution in [3.05, 3.63) is 0 Å². The lowest BCUT2D eigenvalue weighted by molar-refractivity contribution is -0.103. The van der Waals surface area contributed by atoms with Gasteiger partial charge in [-0.2, -0.15) is 15.0 Å². The second-order valence-electron chi connectivity index (χ2n) is 8.27. The molecule has 1 aromatic heterocycles. The fourth-order valence-electron chi connectivity index (χ4n) is 4.79. The Hall–Kier alpha value is -1.63. The van der Waals surface area contributed by atoms with E-state index in [1.165, 1.54) is 57.8 Å². The number of nitrogens with zero attached hydrogens (tertiary/aromatic N) is 4. The van der Waals surface area contributed by atoms with Gasteiger partial charge in [-0.1, -0.05) is 32.1 Å². The number of methoxy groups -OCH3 is 1. The first kappa shape index (κ1) is 18.7. The maximum Gasteiger partial charge on any atom is 0.322 e. The molecule has 4 rings (SSSR count). The lowest BCUT2D eigenvalue weighted by atomic mass is 9.78. The second kappa shape index (κ2) is 8.59. The van der Waals surface area contributed by atoms with Crippen molar-refractivity contribution in [1.29, 1.82) is 0 Å². The molecule has 1 spiro atoms. The molecular formula is C20H33N5O2. The van der Waals surface area contributed by atoms with Gasteiger partial charge in [-0.25, -0.2) is 0 Å². The molecular weight excluding hydrogens is 342 g/mol. The molecule has 1 atom stereocenters. The number of nitrogens with one attached hydrogen (secondary N) is 1. The molecule has 2 saturated heterocycles. The van der Waals surface area contributed by atoms with E-state index in [0.717, 1.165) is 38.5 Å². The summed E-state index contributed by atoms with van der Waals surface area (Å²) in [5, 5.41) is 3.57. The third-order valence-corrected chi connectivity index (χ3v) is 6.27. The monoisotopic (exact) mass is 375 g/mol. The van der Waals surface area contributed by atoms with E-state index in [4.69, 9.17) is 14.5 Å². The molecule has 0 bridgehead atoms. The molecule has 0 aromatic carbocycles. The standard InChI is InChI=1S/C20H33N5O2/c1-26-19-23-17(22-18(24-19)25-12-7-2-3-8-13-25)21-16-9-14-27-20(15-16)10-5-4-6-11-20/h16H,2-15H2,1H3,(H,21,22,23,24). The number of hydrogen-bond donors (Lipinski definition) is 1. The van der Waals surface area contributed by atoms with E-state index in [-0.39, 0.29) is 5.60 Å². The van der Waals surface area contributed by atoms with Gasteiger partial charge in [0.25, 0.3) is 0 Å². The van der Waals surface area contributed by atoms with Gasteiger partial charge >= 0.3 is 6.01 Å². The first-order valence-corrected chi connectivity index (χ1v) is 10.7.